The van der Waals surface area contributed by atoms with E-state index in [9.17, 15) is 9.90 Å². The summed E-state index contributed by atoms with van der Waals surface area (Å²) in [5, 5.41) is 16.9. The first-order valence-corrected chi connectivity index (χ1v) is 7.08. The van der Waals surface area contributed by atoms with E-state index in [2.05, 4.69) is 10.2 Å². The summed E-state index contributed by atoms with van der Waals surface area (Å²) in [5.41, 5.74) is 1.39. The minimum absolute atomic E-state index is 0.0197. The molecule has 1 N–H and O–H groups in total. The fourth-order valence-corrected chi connectivity index (χ4v) is 2.68. The fourth-order valence-electron chi connectivity index (χ4n) is 2.68. The maximum absolute atomic E-state index is 12.5. The second-order valence-electron chi connectivity index (χ2n) is 5.15. The third-order valence-electron chi connectivity index (χ3n) is 3.84. The molecule has 0 radical (unpaired) electrons. The van der Waals surface area contributed by atoms with Crippen molar-refractivity contribution in [3.8, 4) is 11.5 Å². The van der Waals surface area contributed by atoms with Crippen molar-refractivity contribution in [2.24, 2.45) is 0 Å². The molecule has 21 heavy (non-hydrogen) atoms. The zero-order valence-electron chi connectivity index (χ0n) is 11.6. The van der Waals surface area contributed by atoms with E-state index in [0.29, 0.717) is 18.0 Å². The van der Waals surface area contributed by atoms with Crippen LogP contribution in [-0.2, 0) is 0 Å². The molecule has 1 unspecified atom stereocenters. The van der Waals surface area contributed by atoms with Crippen LogP contribution in [0.3, 0.4) is 0 Å². The van der Waals surface area contributed by atoms with Crippen LogP contribution < -0.4 is 0 Å². The van der Waals surface area contributed by atoms with Crippen molar-refractivity contribution in [3.05, 3.63) is 36.2 Å². The van der Waals surface area contributed by atoms with Gasteiger partial charge in [-0.1, -0.05) is 0 Å². The van der Waals surface area contributed by atoms with Gasteiger partial charge in [0, 0.05) is 17.7 Å². The molecular formula is C15H17N3O3. The summed E-state index contributed by atoms with van der Waals surface area (Å²) in [6.07, 6.45) is 4.18. The topological polar surface area (TPSA) is 79.5 Å². The Morgan fingerprint density at radius 2 is 2.14 bits per heavy atom. The van der Waals surface area contributed by atoms with Gasteiger partial charge in [-0.25, -0.2) is 0 Å². The van der Waals surface area contributed by atoms with Gasteiger partial charge in [-0.15, -0.1) is 10.2 Å². The highest BCUT2D eigenvalue weighted by molar-refractivity contribution is 5.94. The van der Waals surface area contributed by atoms with Gasteiger partial charge in [0.2, 0.25) is 12.3 Å². The van der Waals surface area contributed by atoms with Crippen LogP contribution in [0.1, 0.15) is 29.6 Å². The average Bonchev–Trinajstić information content (AvgIpc) is 3.09. The highest BCUT2D eigenvalue weighted by atomic mass is 16.4. The number of amides is 1. The molecule has 2 aromatic rings. The van der Waals surface area contributed by atoms with E-state index in [0.717, 1.165) is 24.8 Å². The lowest BCUT2D eigenvalue weighted by Gasteiger charge is -2.34. The number of rotatable bonds is 3. The largest absolute Gasteiger partial charge is 0.423 e. The molecular weight excluding hydrogens is 270 g/mol. The molecule has 1 aromatic heterocycles. The molecule has 1 aliphatic rings. The van der Waals surface area contributed by atoms with E-state index < -0.39 is 0 Å². The van der Waals surface area contributed by atoms with Gasteiger partial charge in [0.25, 0.3) is 5.91 Å². The number of likely N-dealkylation sites (tertiary alicyclic amines) is 1. The maximum Gasteiger partial charge on any atom is 0.254 e. The van der Waals surface area contributed by atoms with Crippen molar-refractivity contribution in [1.82, 2.24) is 15.1 Å². The van der Waals surface area contributed by atoms with Gasteiger partial charge >= 0.3 is 0 Å². The molecule has 1 aromatic carbocycles. The molecule has 6 heteroatoms. The number of aromatic nitrogens is 2. The van der Waals surface area contributed by atoms with Crippen molar-refractivity contribution in [3.63, 3.8) is 0 Å². The van der Waals surface area contributed by atoms with Crippen molar-refractivity contribution in [2.75, 3.05) is 13.2 Å². The lowest BCUT2D eigenvalue weighted by molar-refractivity contribution is 0.0503. The van der Waals surface area contributed by atoms with Crippen molar-refractivity contribution in [1.29, 1.82) is 0 Å². The molecule has 1 aliphatic heterocycles. The molecule has 0 spiro atoms. The first-order chi connectivity index (χ1) is 10.3. The summed E-state index contributed by atoms with van der Waals surface area (Å²) in [7, 11) is 0. The van der Waals surface area contributed by atoms with Gasteiger partial charge in [-0.3, -0.25) is 4.79 Å². The van der Waals surface area contributed by atoms with Crippen molar-refractivity contribution >= 4 is 5.91 Å². The molecule has 1 fully saturated rings. The lowest BCUT2D eigenvalue weighted by Crippen LogP contribution is -2.45. The predicted molar refractivity (Wildman–Crippen MR) is 75.5 cm³/mol. The Balaban J connectivity index is 1.78. The van der Waals surface area contributed by atoms with Gasteiger partial charge in [0.05, 0.1) is 12.6 Å². The molecule has 0 aliphatic carbocycles. The normalized spacial score (nSPS) is 18.7. The van der Waals surface area contributed by atoms with Crippen LogP contribution in [0.25, 0.3) is 11.5 Å². The van der Waals surface area contributed by atoms with Gasteiger partial charge in [-0.2, -0.15) is 0 Å². The quantitative estimate of drug-likeness (QED) is 0.930. The SMILES string of the molecule is O=C(c1ccc(-c2nnco2)cc1)N1CCCCC1CO. The summed E-state index contributed by atoms with van der Waals surface area (Å²) in [5.74, 6) is 0.394. The molecule has 1 atom stereocenters. The molecule has 0 saturated carbocycles. The van der Waals surface area contributed by atoms with Crippen molar-refractivity contribution in [2.45, 2.75) is 25.3 Å². The summed E-state index contributed by atoms with van der Waals surface area (Å²) in [4.78, 5) is 14.3. The summed E-state index contributed by atoms with van der Waals surface area (Å²) < 4.78 is 5.12. The highest BCUT2D eigenvalue weighted by Gasteiger charge is 2.26. The van der Waals surface area contributed by atoms with E-state index in [-0.39, 0.29) is 18.6 Å². The maximum atomic E-state index is 12.5. The van der Waals surface area contributed by atoms with E-state index >= 15 is 0 Å². The van der Waals surface area contributed by atoms with Crippen molar-refractivity contribution < 1.29 is 14.3 Å². The van der Waals surface area contributed by atoms with Crippen LogP contribution in [0.2, 0.25) is 0 Å². The van der Waals surface area contributed by atoms with Crippen LogP contribution in [0, 0.1) is 0 Å². The molecule has 6 nitrogen and oxygen atoms in total. The van der Waals surface area contributed by atoms with E-state index in [1.165, 1.54) is 6.39 Å². The van der Waals surface area contributed by atoms with Gasteiger partial charge in [0.15, 0.2) is 0 Å². The second kappa shape index (κ2) is 6.05. The predicted octanol–water partition coefficient (Wildman–Crippen LogP) is 1.72. The molecule has 2 heterocycles. The number of benzene rings is 1. The number of carbonyl (C=O) groups is 1. The monoisotopic (exact) mass is 287 g/mol. The molecule has 110 valence electrons. The third kappa shape index (κ3) is 2.80. The Kier molecular flexibility index (Phi) is 3.96. The van der Waals surface area contributed by atoms with Crippen LogP contribution in [0.5, 0.6) is 0 Å². The highest BCUT2D eigenvalue weighted by Crippen LogP contribution is 2.21. The van der Waals surface area contributed by atoms with E-state index in [4.69, 9.17) is 4.42 Å². The van der Waals surface area contributed by atoms with Crippen LogP contribution in [-0.4, -0.2) is 45.3 Å². The number of hydrogen-bond donors (Lipinski definition) is 1. The standard InChI is InChI=1S/C15H17N3O3/c19-9-13-3-1-2-8-18(13)15(20)12-6-4-11(5-7-12)14-17-16-10-21-14/h4-7,10,13,19H,1-3,8-9H2. The second-order valence-corrected chi connectivity index (χ2v) is 5.15. The first kappa shape index (κ1) is 13.8. The molecule has 3 rings (SSSR count). The summed E-state index contributed by atoms with van der Waals surface area (Å²) in [6, 6.07) is 7.02. The zero-order chi connectivity index (χ0) is 14.7. The van der Waals surface area contributed by atoms with E-state index in [1.807, 2.05) is 0 Å². The molecule has 0 bridgehead atoms. The Hall–Kier alpha value is -2.21. The Labute approximate surface area is 122 Å². The van der Waals surface area contributed by atoms with Gasteiger partial charge in [0.1, 0.15) is 0 Å². The number of carbonyl (C=O) groups excluding carboxylic acids is 1. The average molecular weight is 287 g/mol. The number of nitrogens with zero attached hydrogens (tertiary/aromatic N) is 3. The van der Waals surface area contributed by atoms with E-state index in [1.54, 1.807) is 29.2 Å². The lowest BCUT2D eigenvalue weighted by atomic mass is 10.0. The Morgan fingerprint density at radius 3 is 2.81 bits per heavy atom. The minimum atomic E-state index is -0.0677. The number of aliphatic hydroxyl groups is 1. The number of hydrogen-bond acceptors (Lipinski definition) is 5. The van der Waals surface area contributed by atoms with Crippen LogP contribution in [0.15, 0.2) is 35.1 Å². The molecule has 1 saturated heterocycles. The smallest absolute Gasteiger partial charge is 0.254 e. The Morgan fingerprint density at radius 1 is 1.33 bits per heavy atom. The third-order valence-corrected chi connectivity index (χ3v) is 3.84. The summed E-state index contributed by atoms with van der Waals surface area (Å²) in [6.45, 7) is 0.723. The minimum Gasteiger partial charge on any atom is -0.423 e. The zero-order valence-corrected chi connectivity index (χ0v) is 11.6. The van der Waals surface area contributed by atoms with Crippen LogP contribution in [0.4, 0.5) is 0 Å². The fraction of sp³-hybridized carbons (Fsp3) is 0.400. The number of aliphatic hydroxyl groups excluding tert-OH is 1. The Bertz CT molecular complexity index is 595. The number of piperidine rings is 1. The van der Waals surface area contributed by atoms with Gasteiger partial charge in [-0.05, 0) is 43.5 Å². The molecule has 1 amide bonds. The first-order valence-electron chi connectivity index (χ1n) is 7.08. The van der Waals surface area contributed by atoms with Gasteiger partial charge < -0.3 is 14.4 Å². The summed E-state index contributed by atoms with van der Waals surface area (Å²) >= 11 is 0. The van der Waals surface area contributed by atoms with Crippen LogP contribution >= 0.6 is 0 Å².